The molecule has 1 aromatic rings. The minimum absolute atomic E-state index is 0. The molecule has 0 aliphatic carbocycles. The fourth-order valence-electron chi connectivity index (χ4n) is 0.921. The Balaban J connectivity index is 0.00000144. The van der Waals surface area contributed by atoms with Crippen molar-refractivity contribution < 1.29 is 9.53 Å². The first kappa shape index (κ1) is 11.8. The standard InChI is InChI=1S/C9H11NO2.ClH/c1-6-5-7(9(11)12-2)3-4-8(6)10;/h3-5H,10H2,1-2H3;1H. The molecule has 0 atom stereocenters. The number of aryl methyl sites for hydroxylation is 1. The van der Waals surface area contributed by atoms with Crippen molar-refractivity contribution in [2.75, 3.05) is 12.8 Å². The van der Waals surface area contributed by atoms with E-state index in [4.69, 9.17) is 5.73 Å². The van der Waals surface area contributed by atoms with Gasteiger partial charge in [0.15, 0.2) is 0 Å². The van der Waals surface area contributed by atoms with Crippen molar-refractivity contribution in [3.8, 4) is 0 Å². The Kier molecular flexibility index (Phi) is 4.28. The number of nitrogens with two attached hydrogens (primary N) is 1. The summed E-state index contributed by atoms with van der Waals surface area (Å²) in [4.78, 5) is 11.0. The van der Waals surface area contributed by atoms with Crippen molar-refractivity contribution >= 4 is 24.1 Å². The van der Waals surface area contributed by atoms with E-state index in [1.807, 2.05) is 6.92 Å². The molecule has 0 aliphatic heterocycles. The van der Waals surface area contributed by atoms with Gasteiger partial charge in [0, 0.05) is 5.69 Å². The van der Waals surface area contributed by atoms with Gasteiger partial charge in [-0.3, -0.25) is 0 Å². The van der Waals surface area contributed by atoms with Crippen LogP contribution in [0.4, 0.5) is 5.69 Å². The molecule has 0 aromatic heterocycles. The summed E-state index contributed by atoms with van der Waals surface area (Å²) in [6.45, 7) is 1.85. The van der Waals surface area contributed by atoms with E-state index in [9.17, 15) is 4.79 Å². The molecular weight excluding hydrogens is 190 g/mol. The van der Waals surface area contributed by atoms with Crippen molar-refractivity contribution in [1.82, 2.24) is 0 Å². The van der Waals surface area contributed by atoms with Crippen LogP contribution >= 0.6 is 12.4 Å². The third-order valence-electron chi connectivity index (χ3n) is 1.69. The van der Waals surface area contributed by atoms with Gasteiger partial charge >= 0.3 is 5.97 Å². The van der Waals surface area contributed by atoms with E-state index >= 15 is 0 Å². The van der Waals surface area contributed by atoms with Crippen LogP contribution in [0.15, 0.2) is 18.2 Å². The fourth-order valence-corrected chi connectivity index (χ4v) is 0.921. The summed E-state index contributed by atoms with van der Waals surface area (Å²) >= 11 is 0. The van der Waals surface area contributed by atoms with E-state index in [1.54, 1.807) is 18.2 Å². The van der Waals surface area contributed by atoms with Crippen molar-refractivity contribution in [1.29, 1.82) is 0 Å². The zero-order chi connectivity index (χ0) is 9.14. The molecule has 0 saturated heterocycles. The smallest absolute Gasteiger partial charge is 0.337 e. The molecule has 1 aromatic carbocycles. The van der Waals surface area contributed by atoms with Crippen LogP contribution in [0.3, 0.4) is 0 Å². The van der Waals surface area contributed by atoms with Gasteiger partial charge in [0.25, 0.3) is 0 Å². The second-order valence-corrected chi connectivity index (χ2v) is 2.56. The molecule has 1 rings (SSSR count). The van der Waals surface area contributed by atoms with Gasteiger partial charge in [-0.25, -0.2) is 4.79 Å². The largest absolute Gasteiger partial charge is 0.465 e. The van der Waals surface area contributed by atoms with Gasteiger partial charge in [-0.2, -0.15) is 0 Å². The topological polar surface area (TPSA) is 52.3 Å². The van der Waals surface area contributed by atoms with Gasteiger partial charge in [0.05, 0.1) is 12.7 Å². The maximum Gasteiger partial charge on any atom is 0.337 e. The number of anilines is 1. The first-order chi connectivity index (χ1) is 5.65. The lowest BCUT2D eigenvalue weighted by molar-refractivity contribution is 0.0600. The van der Waals surface area contributed by atoms with E-state index in [2.05, 4.69) is 4.74 Å². The van der Waals surface area contributed by atoms with E-state index in [-0.39, 0.29) is 18.4 Å². The number of benzene rings is 1. The molecule has 0 fully saturated rings. The van der Waals surface area contributed by atoms with Gasteiger partial charge < -0.3 is 10.5 Å². The maximum atomic E-state index is 11.0. The number of carbonyl (C=O) groups is 1. The van der Waals surface area contributed by atoms with Gasteiger partial charge in [-0.05, 0) is 30.7 Å². The SMILES string of the molecule is COC(=O)c1ccc(N)c(C)c1.Cl. The number of esters is 1. The average molecular weight is 202 g/mol. The van der Waals surface area contributed by atoms with Crippen molar-refractivity contribution in [2.24, 2.45) is 0 Å². The first-order valence-electron chi connectivity index (χ1n) is 3.59. The Labute approximate surface area is 83.3 Å². The lowest BCUT2D eigenvalue weighted by Gasteiger charge is -2.02. The molecule has 4 heteroatoms. The molecule has 0 unspecified atom stereocenters. The van der Waals surface area contributed by atoms with Crippen LogP contribution in [0.2, 0.25) is 0 Å². The molecule has 0 spiro atoms. The number of nitrogen functional groups attached to an aromatic ring is 1. The molecule has 0 amide bonds. The lowest BCUT2D eigenvalue weighted by Crippen LogP contribution is -2.02. The van der Waals surface area contributed by atoms with Crippen LogP contribution < -0.4 is 5.73 Å². The van der Waals surface area contributed by atoms with Crippen molar-refractivity contribution in [2.45, 2.75) is 6.92 Å². The number of rotatable bonds is 1. The third-order valence-corrected chi connectivity index (χ3v) is 1.69. The van der Waals surface area contributed by atoms with Crippen LogP contribution in [-0.4, -0.2) is 13.1 Å². The lowest BCUT2D eigenvalue weighted by atomic mass is 10.1. The van der Waals surface area contributed by atoms with Crippen LogP contribution in [0.5, 0.6) is 0 Å². The molecule has 0 saturated carbocycles. The summed E-state index contributed by atoms with van der Waals surface area (Å²) in [6, 6.07) is 5.05. The highest BCUT2D eigenvalue weighted by atomic mass is 35.5. The van der Waals surface area contributed by atoms with Crippen LogP contribution in [0.25, 0.3) is 0 Å². The normalized spacial score (nSPS) is 8.77. The second kappa shape index (κ2) is 4.72. The van der Waals surface area contributed by atoms with Gasteiger partial charge in [-0.1, -0.05) is 0 Å². The first-order valence-corrected chi connectivity index (χ1v) is 3.59. The molecular formula is C9H12ClNO2. The molecule has 72 valence electrons. The number of halogens is 1. The number of carbonyl (C=O) groups excluding carboxylic acids is 1. The zero-order valence-corrected chi connectivity index (χ0v) is 8.35. The fraction of sp³-hybridized carbons (Fsp3) is 0.222. The van der Waals surface area contributed by atoms with Gasteiger partial charge in [-0.15, -0.1) is 12.4 Å². The second-order valence-electron chi connectivity index (χ2n) is 2.56. The Morgan fingerprint density at radius 1 is 1.46 bits per heavy atom. The minimum atomic E-state index is -0.335. The minimum Gasteiger partial charge on any atom is -0.465 e. The number of methoxy groups -OCH3 is 1. The maximum absolute atomic E-state index is 11.0. The summed E-state index contributed by atoms with van der Waals surface area (Å²) in [5.41, 5.74) is 7.68. The zero-order valence-electron chi connectivity index (χ0n) is 7.53. The van der Waals surface area contributed by atoms with E-state index < -0.39 is 0 Å². The molecule has 0 aliphatic rings. The quantitative estimate of drug-likeness (QED) is 0.557. The van der Waals surface area contributed by atoms with Crippen molar-refractivity contribution in [3.05, 3.63) is 29.3 Å². The predicted molar refractivity (Wildman–Crippen MR) is 54.2 cm³/mol. The van der Waals surface area contributed by atoms with E-state index in [1.165, 1.54) is 7.11 Å². The monoisotopic (exact) mass is 201 g/mol. The molecule has 13 heavy (non-hydrogen) atoms. The molecule has 2 N–H and O–H groups in total. The highest BCUT2D eigenvalue weighted by Gasteiger charge is 2.05. The third kappa shape index (κ3) is 2.63. The van der Waals surface area contributed by atoms with Gasteiger partial charge in [0.1, 0.15) is 0 Å². The highest BCUT2D eigenvalue weighted by Crippen LogP contribution is 2.12. The number of ether oxygens (including phenoxy) is 1. The van der Waals surface area contributed by atoms with Gasteiger partial charge in [0.2, 0.25) is 0 Å². The summed E-state index contributed by atoms with van der Waals surface area (Å²) in [5.74, 6) is -0.335. The summed E-state index contributed by atoms with van der Waals surface area (Å²) in [5, 5.41) is 0. The Morgan fingerprint density at radius 3 is 2.54 bits per heavy atom. The average Bonchev–Trinajstić information content (AvgIpc) is 2.08. The van der Waals surface area contributed by atoms with E-state index in [0.29, 0.717) is 11.3 Å². The Morgan fingerprint density at radius 2 is 2.08 bits per heavy atom. The highest BCUT2D eigenvalue weighted by molar-refractivity contribution is 5.90. The molecule has 0 radical (unpaired) electrons. The van der Waals surface area contributed by atoms with Crippen LogP contribution in [0.1, 0.15) is 15.9 Å². The van der Waals surface area contributed by atoms with Crippen LogP contribution in [-0.2, 0) is 4.74 Å². The molecule has 3 nitrogen and oxygen atoms in total. The molecule has 0 heterocycles. The summed E-state index contributed by atoms with van der Waals surface area (Å²) in [7, 11) is 1.36. The number of hydrogen-bond donors (Lipinski definition) is 1. The predicted octanol–water partition coefficient (Wildman–Crippen LogP) is 1.79. The van der Waals surface area contributed by atoms with Crippen LogP contribution in [0, 0.1) is 6.92 Å². The van der Waals surface area contributed by atoms with E-state index in [0.717, 1.165) is 5.56 Å². The molecule has 0 bridgehead atoms. The summed E-state index contributed by atoms with van der Waals surface area (Å²) in [6.07, 6.45) is 0. The van der Waals surface area contributed by atoms with Crippen molar-refractivity contribution in [3.63, 3.8) is 0 Å². The Bertz CT molecular complexity index is 312. The number of hydrogen-bond acceptors (Lipinski definition) is 3. The summed E-state index contributed by atoms with van der Waals surface area (Å²) < 4.78 is 4.55. The Hall–Kier alpha value is -1.22.